The molecule has 0 radical (unpaired) electrons. The number of hydrogen-bond donors (Lipinski definition) is 0. The number of rotatable bonds is 0. The lowest BCUT2D eigenvalue weighted by molar-refractivity contribution is 0.695. The van der Waals surface area contributed by atoms with Crippen LogP contribution in [0.4, 0.5) is 0 Å². The standard InChI is InChI=1S/C3H6N4.C3H8/c1-3-4-5-6-7(3)2;1-3-2/h1-2H3;3H2,1-2H3. The van der Waals surface area contributed by atoms with E-state index in [1.807, 2.05) is 6.92 Å². The zero-order chi connectivity index (χ0) is 7.98. The third kappa shape index (κ3) is 3.17. The molecule has 4 nitrogen and oxygen atoms in total. The van der Waals surface area contributed by atoms with Gasteiger partial charge in [-0.1, -0.05) is 20.3 Å². The summed E-state index contributed by atoms with van der Waals surface area (Å²) < 4.78 is 1.61. The Hall–Kier alpha value is -0.930. The van der Waals surface area contributed by atoms with E-state index in [0.29, 0.717) is 0 Å². The van der Waals surface area contributed by atoms with E-state index in [2.05, 4.69) is 29.4 Å². The van der Waals surface area contributed by atoms with Crippen LogP contribution in [0, 0.1) is 6.92 Å². The first kappa shape index (κ1) is 9.07. The zero-order valence-corrected chi connectivity index (χ0v) is 7.00. The summed E-state index contributed by atoms with van der Waals surface area (Å²) in [5.41, 5.74) is 0. The van der Waals surface area contributed by atoms with Crippen LogP contribution in [0.5, 0.6) is 0 Å². The van der Waals surface area contributed by atoms with Crippen LogP contribution in [0.1, 0.15) is 26.1 Å². The van der Waals surface area contributed by atoms with Gasteiger partial charge < -0.3 is 0 Å². The van der Waals surface area contributed by atoms with Gasteiger partial charge in [0.1, 0.15) is 5.82 Å². The number of tetrazole rings is 1. The Bertz CT molecular complexity index is 154. The lowest BCUT2D eigenvalue weighted by Gasteiger charge is -1.81. The minimum Gasteiger partial charge on any atom is -0.233 e. The molecule has 0 fully saturated rings. The van der Waals surface area contributed by atoms with Crippen LogP contribution in [0.2, 0.25) is 0 Å². The Kier molecular flexibility index (Phi) is 4.45. The fraction of sp³-hybridized carbons (Fsp3) is 0.833. The van der Waals surface area contributed by atoms with Crippen LogP contribution in [-0.4, -0.2) is 20.2 Å². The third-order valence-corrected chi connectivity index (χ3v) is 0.832. The molecule has 58 valence electrons. The topological polar surface area (TPSA) is 43.6 Å². The summed E-state index contributed by atoms with van der Waals surface area (Å²) in [5.74, 6) is 0.833. The Morgan fingerprint density at radius 1 is 1.40 bits per heavy atom. The van der Waals surface area contributed by atoms with Gasteiger partial charge in [-0.3, -0.25) is 0 Å². The minimum absolute atomic E-state index is 0.833. The maximum absolute atomic E-state index is 3.62. The van der Waals surface area contributed by atoms with Crippen LogP contribution >= 0.6 is 0 Å². The van der Waals surface area contributed by atoms with Gasteiger partial charge in [-0.05, 0) is 17.4 Å². The van der Waals surface area contributed by atoms with Gasteiger partial charge in [0.15, 0.2) is 0 Å². The molecule has 0 bridgehead atoms. The molecular weight excluding hydrogens is 128 g/mol. The first-order chi connectivity index (χ1) is 4.72. The van der Waals surface area contributed by atoms with E-state index in [0.717, 1.165) is 5.82 Å². The Morgan fingerprint density at radius 2 is 1.90 bits per heavy atom. The van der Waals surface area contributed by atoms with Crippen molar-refractivity contribution in [2.75, 3.05) is 0 Å². The molecule has 0 aliphatic rings. The molecule has 10 heavy (non-hydrogen) atoms. The van der Waals surface area contributed by atoms with E-state index in [9.17, 15) is 0 Å². The summed E-state index contributed by atoms with van der Waals surface area (Å²) in [4.78, 5) is 0. The Morgan fingerprint density at radius 3 is 2.00 bits per heavy atom. The van der Waals surface area contributed by atoms with Crippen LogP contribution in [0.25, 0.3) is 0 Å². The van der Waals surface area contributed by atoms with Gasteiger partial charge in [-0.25, -0.2) is 4.68 Å². The second kappa shape index (κ2) is 4.90. The lowest BCUT2D eigenvalue weighted by atomic mass is 10.6. The maximum Gasteiger partial charge on any atom is 0.147 e. The van der Waals surface area contributed by atoms with Gasteiger partial charge in [0.25, 0.3) is 0 Å². The Labute approximate surface area is 61.2 Å². The first-order valence-electron chi connectivity index (χ1n) is 3.41. The highest BCUT2D eigenvalue weighted by atomic mass is 15.5. The summed E-state index contributed by atoms with van der Waals surface area (Å²) in [7, 11) is 1.80. The molecule has 0 spiro atoms. The molecule has 4 heteroatoms. The average molecular weight is 142 g/mol. The molecule has 0 aliphatic carbocycles. The smallest absolute Gasteiger partial charge is 0.147 e. The van der Waals surface area contributed by atoms with Crippen molar-refractivity contribution in [2.45, 2.75) is 27.2 Å². The van der Waals surface area contributed by atoms with Crippen molar-refractivity contribution >= 4 is 0 Å². The molecule has 0 atom stereocenters. The number of nitrogens with zero attached hydrogens (tertiary/aromatic N) is 4. The second-order valence-electron chi connectivity index (χ2n) is 2.06. The van der Waals surface area contributed by atoms with E-state index in [1.165, 1.54) is 6.42 Å². The van der Waals surface area contributed by atoms with Crippen molar-refractivity contribution in [3.63, 3.8) is 0 Å². The quantitative estimate of drug-likeness (QED) is 0.541. The monoisotopic (exact) mass is 142 g/mol. The van der Waals surface area contributed by atoms with Crippen molar-refractivity contribution < 1.29 is 0 Å². The van der Waals surface area contributed by atoms with Crippen molar-refractivity contribution in [3.05, 3.63) is 5.82 Å². The fourth-order valence-corrected chi connectivity index (χ4v) is 0.274. The zero-order valence-electron chi connectivity index (χ0n) is 7.00. The van der Waals surface area contributed by atoms with Gasteiger partial charge in [0.2, 0.25) is 0 Å². The van der Waals surface area contributed by atoms with Gasteiger partial charge in [-0.15, -0.1) is 5.10 Å². The number of hydrogen-bond acceptors (Lipinski definition) is 3. The molecule has 0 N–H and O–H groups in total. The molecule has 0 aromatic carbocycles. The maximum atomic E-state index is 3.62. The molecule has 0 aliphatic heterocycles. The fourth-order valence-electron chi connectivity index (χ4n) is 0.274. The summed E-state index contributed by atoms with van der Waals surface area (Å²) in [6.45, 7) is 6.10. The minimum atomic E-state index is 0.833. The lowest BCUT2D eigenvalue weighted by Crippen LogP contribution is -1.92. The molecule has 0 saturated carbocycles. The molecule has 0 amide bonds. The summed E-state index contributed by atoms with van der Waals surface area (Å²) in [6, 6.07) is 0. The highest BCUT2D eigenvalue weighted by Gasteiger charge is 1.87. The van der Waals surface area contributed by atoms with Crippen molar-refractivity contribution in [1.82, 2.24) is 20.2 Å². The molecule has 1 aromatic rings. The number of aryl methyl sites for hydroxylation is 2. The number of aromatic nitrogens is 4. The predicted octanol–water partition coefficient (Wildman–Crippen LogP) is 0.935. The van der Waals surface area contributed by atoms with Crippen molar-refractivity contribution in [2.24, 2.45) is 7.05 Å². The predicted molar refractivity (Wildman–Crippen MR) is 39.5 cm³/mol. The highest BCUT2D eigenvalue weighted by molar-refractivity contribution is 4.69. The van der Waals surface area contributed by atoms with Gasteiger partial charge in [-0.2, -0.15) is 0 Å². The van der Waals surface area contributed by atoms with E-state index in [-0.39, 0.29) is 0 Å². The summed E-state index contributed by atoms with van der Waals surface area (Å²) in [6.07, 6.45) is 1.25. The molecule has 0 unspecified atom stereocenters. The van der Waals surface area contributed by atoms with E-state index in [4.69, 9.17) is 0 Å². The Balaban J connectivity index is 0.000000236. The molecule has 1 aromatic heterocycles. The average Bonchev–Trinajstić information content (AvgIpc) is 2.19. The van der Waals surface area contributed by atoms with Crippen LogP contribution in [0.15, 0.2) is 0 Å². The van der Waals surface area contributed by atoms with Gasteiger partial charge in [0, 0.05) is 7.05 Å². The van der Waals surface area contributed by atoms with E-state index in [1.54, 1.807) is 11.7 Å². The van der Waals surface area contributed by atoms with Gasteiger partial charge >= 0.3 is 0 Å². The summed E-state index contributed by atoms with van der Waals surface area (Å²) in [5, 5.41) is 10.6. The third-order valence-electron chi connectivity index (χ3n) is 0.832. The van der Waals surface area contributed by atoms with Crippen LogP contribution in [0.3, 0.4) is 0 Å². The van der Waals surface area contributed by atoms with Gasteiger partial charge in [0.05, 0.1) is 0 Å². The summed E-state index contributed by atoms with van der Waals surface area (Å²) >= 11 is 0. The highest BCUT2D eigenvalue weighted by Crippen LogP contribution is 1.78. The van der Waals surface area contributed by atoms with Crippen LogP contribution < -0.4 is 0 Å². The molecule has 1 heterocycles. The van der Waals surface area contributed by atoms with E-state index < -0.39 is 0 Å². The largest absolute Gasteiger partial charge is 0.233 e. The van der Waals surface area contributed by atoms with E-state index >= 15 is 0 Å². The van der Waals surface area contributed by atoms with Crippen molar-refractivity contribution in [1.29, 1.82) is 0 Å². The van der Waals surface area contributed by atoms with Crippen molar-refractivity contribution in [3.8, 4) is 0 Å². The molecule has 0 saturated heterocycles. The first-order valence-corrected chi connectivity index (χ1v) is 3.41. The second-order valence-corrected chi connectivity index (χ2v) is 2.06. The van der Waals surface area contributed by atoms with Crippen LogP contribution in [-0.2, 0) is 7.05 Å². The molecular formula is C6H14N4. The normalized spacial score (nSPS) is 8.40. The molecule has 1 rings (SSSR count). The SMILES string of the molecule is CCC.Cc1nnnn1C.